The van der Waals surface area contributed by atoms with Gasteiger partial charge in [0.15, 0.2) is 0 Å². The minimum Gasteiger partial charge on any atom is -0.494 e. The Labute approximate surface area is 115 Å². The van der Waals surface area contributed by atoms with Gasteiger partial charge in [0.25, 0.3) is 0 Å². The summed E-state index contributed by atoms with van der Waals surface area (Å²) in [5.74, 6) is -0.555. The molecule has 0 amide bonds. The minimum absolute atomic E-state index is 0.0862. The highest BCUT2D eigenvalue weighted by Gasteiger charge is 2.13. The fraction of sp³-hybridized carbons (Fsp3) is 0.200. The van der Waals surface area contributed by atoms with Gasteiger partial charge in [-0.1, -0.05) is 18.2 Å². The molecule has 1 atom stereocenters. The van der Waals surface area contributed by atoms with Crippen molar-refractivity contribution in [2.45, 2.75) is 6.10 Å². The molecule has 0 fully saturated rings. The van der Waals surface area contributed by atoms with E-state index in [-0.39, 0.29) is 12.1 Å². The number of ether oxygens (including phenoxy) is 1. The number of benzene rings is 2. The van der Waals surface area contributed by atoms with Crippen LogP contribution in [0.2, 0.25) is 0 Å². The van der Waals surface area contributed by atoms with Gasteiger partial charge in [0, 0.05) is 18.2 Å². The Morgan fingerprint density at radius 1 is 1.20 bits per heavy atom. The van der Waals surface area contributed by atoms with E-state index in [1.54, 1.807) is 12.1 Å². The van der Waals surface area contributed by atoms with Crippen LogP contribution in [-0.4, -0.2) is 18.8 Å². The molecule has 0 heterocycles. The number of hydrogen-bond acceptors (Lipinski definition) is 3. The van der Waals surface area contributed by atoms with Gasteiger partial charge < -0.3 is 15.2 Å². The van der Waals surface area contributed by atoms with E-state index in [2.05, 4.69) is 5.32 Å². The maximum atomic E-state index is 13.5. The number of aliphatic hydroxyl groups excluding tert-OH is 1. The van der Waals surface area contributed by atoms with E-state index in [0.717, 1.165) is 0 Å². The van der Waals surface area contributed by atoms with E-state index in [4.69, 9.17) is 4.74 Å². The first kappa shape index (κ1) is 14.3. The maximum absolute atomic E-state index is 13.5. The van der Waals surface area contributed by atoms with Crippen molar-refractivity contribution in [3.05, 3.63) is 59.7 Å². The van der Waals surface area contributed by atoms with Crippen LogP contribution >= 0.6 is 0 Å². The first-order chi connectivity index (χ1) is 9.61. The number of methoxy groups -OCH3 is 1. The number of nitrogens with one attached hydrogen (secondary N) is 1. The molecular formula is C15H15F2NO2. The molecule has 0 aromatic heterocycles. The summed E-state index contributed by atoms with van der Waals surface area (Å²) in [6.07, 6.45) is -1.01. The molecule has 2 rings (SSSR count). The van der Waals surface area contributed by atoms with Crippen LogP contribution in [0.3, 0.4) is 0 Å². The molecule has 106 valence electrons. The summed E-state index contributed by atoms with van der Waals surface area (Å²) in [6, 6.07) is 10.0. The van der Waals surface area contributed by atoms with Crippen molar-refractivity contribution >= 4 is 5.69 Å². The zero-order valence-corrected chi connectivity index (χ0v) is 10.9. The van der Waals surface area contributed by atoms with Crippen LogP contribution in [0.5, 0.6) is 5.75 Å². The smallest absolute Gasteiger partial charge is 0.144 e. The van der Waals surface area contributed by atoms with E-state index in [9.17, 15) is 13.9 Å². The summed E-state index contributed by atoms with van der Waals surface area (Å²) in [7, 11) is 1.42. The van der Waals surface area contributed by atoms with Gasteiger partial charge in [-0.3, -0.25) is 0 Å². The van der Waals surface area contributed by atoms with E-state index in [1.165, 1.54) is 37.4 Å². The highest BCUT2D eigenvalue weighted by atomic mass is 19.1. The molecule has 0 radical (unpaired) electrons. The summed E-state index contributed by atoms with van der Waals surface area (Å²) >= 11 is 0. The molecule has 2 aromatic carbocycles. The summed E-state index contributed by atoms with van der Waals surface area (Å²) in [6.45, 7) is 0.0862. The number of halogens is 2. The molecular weight excluding hydrogens is 264 g/mol. The standard InChI is InChI=1S/C15H15F2NO2/c1-20-15-8-10(16)6-7-13(15)18-9-14(19)11-4-2-3-5-12(11)17/h2-8,14,18-19H,9H2,1H3. The Hall–Kier alpha value is -2.14. The lowest BCUT2D eigenvalue weighted by molar-refractivity contribution is 0.186. The highest BCUT2D eigenvalue weighted by Crippen LogP contribution is 2.26. The van der Waals surface area contributed by atoms with Gasteiger partial charge in [-0.15, -0.1) is 0 Å². The van der Waals surface area contributed by atoms with Crippen molar-refractivity contribution in [2.75, 3.05) is 19.0 Å². The van der Waals surface area contributed by atoms with Crippen molar-refractivity contribution in [3.63, 3.8) is 0 Å². The third-order valence-corrected chi connectivity index (χ3v) is 2.91. The monoisotopic (exact) mass is 279 g/mol. The van der Waals surface area contributed by atoms with Gasteiger partial charge >= 0.3 is 0 Å². The van der Waals surface area contributed by atoms with Crippen molar-refractivity contribution < 1.29 is 18.6 Å². The van der Waals surface area contributed by atoms with Gasteiger partial charge in [0.1, 0.15) is 17.4 Å². The zero-order chi connectivity index (χ0) is 14.5. The molecule has 2 aromatic rings. The minimum atomic E-state index is -1.01. The lowest BCUT2D eigenvalue weighted by Gasteiger charge is -2.15. The third-order valence-electron chi connectivity index (χ3n) is 2.91. The van der Waals surface area contributed by atoms with Gasteiger partial charge in [-0.2, -0.15) is 0 Å². The molecule has 2 N–H and O–H groups in total. The van der Waals surface area contributed by atoms with Crippen LogP contribution in [0.1, 0.15) is 11.7 Å². The molecule has 0 aliphatic rings. The summed E-state index contributed by atoms with van der Waals surface area (Å²) in [5.41, 5.74) is 0.741. The Balaban J connectivity index is 2.07. The molecule has 0 spiro atoms. The average molecular weight is 279 g/mol. The summed E-state index contributed by atoms with van der Waals surface area (Å²) < 4.78 is 31.6. The van der Waals surface area contributed by atoms with Crippen LogP contribution in [-0.2, 0) is 0 Å². The molecule has 20 heavy (non-hydrogen) atoms. The first-order valence-corrected chi connectivity index (χ1v) is 6.11. The Morgan fingerprint density at radius 2 is 1.95 bits per heavy atom. The SMILES string of the molecule is COc1cc(F)ccc1NCC(O)c1ccccc1F. The normalized spacial score (nSPS) is 12.0. The van der Waals surface area contributed by atoms with Crippen molar-refractivity contribution in [2.24, 2.45) is 0 Å². The summed E-state index contributed by atoms with van der Waals surface area (Å²) in [4.78, 5) is 0. The second-order valence-electron chi connectivity index (χ2n) is 4.26. The van der Waals surface area contributed by atoms with Gasteiger partial charge in [-0.05, 0) is 18.2 Å². The molecule has 0 aliphatic carbocycles. The largest absolute Gasteiger partial charge is 0.494 e. The lowest BCUT2D eigenvalue weighted by Crippen LogP contribution is -2.14. The van der Waals surface area contributed by atoms with Crippen LogP contribution in [0, 0.1) is 11.6 Å². The van der Waals surface area contributed by atoms with Crippen LogP contribution in [0.4, 0.5) is 14.5 Å². The van der Waals surface area contributed by atoms with E-state index < -0.39 is 17.7 Å². The molecule has 0 aliphatic heterocycles. The van der Waals surface area contributed by atoms with E-state index in [1.807, 2.05) is 0 Å². The van der Waals surface area contributed by atoms with Crippen LogP contribution < -0.4 is 10.1 Å². The average Bonchev–Trinajstić information content (AvgIpc) is 2.46. The molecule has 0 saturated heterocycles. The Kier molecular flexibility index (Phi) is 4.53. The first-order valence-electron chi connectivity index (χ1n) is 6.11. The Morgan fingerprint density at radius 3 is 2.65 bits per heavy atom. The molecule has 5 heteroatoms. The predicted molar refractivity (Wildman–Crippen MR) is 72.8 cm³/mol. The van der Waals surface area contributed by atoms with Crippen molar-refractivity contribution in [3.8, 4) is 5.75 Å². The van der Waals surface area contributed by atoms with E-state index in [0.29, 0.717) is 11.4 Å². The number of hydrogen-bond donors (Lipinski definition) is 2. The second-order valence-corrected chi connectivity index (χ2v) is 4.26. The van der Waals surface area contributed by atoms with Crippen LogP contribution in [0.25, 0.3) is 0 Å². The number of rotatable bonds is 5. The molecule has 0 saturated carbocycles. The maximum Gasteiger partial charge on any atom is 0.144 e. The van der Waals surface area contributed by atoms with Gasteiger partial charge in [0.05, 0.1) is 18.9 Å². The van der Waals surface area contributed by atoms with Crippen LogP contribution in [0.15, 0.2) is 42.5 Å². The molecule has 3 nitrogen and oxygen atoms in total. The quantitative estimate of drug-likeness (QED) is 0.883. The van der Waals surface area contributed by atoms with Crippen molar-refractivity contribution in [1.82, 2.24) is 0 Å². The number of aliphatic hydroxyl groups is 1. The fourth-order valence-electron chi connectivity index (χ4n) is 1.87. The highest BCUT2D eigenvalue weighted by molar-refractivity contribution is 5.56. The van der Waals surface area contributed by atoms with Gasteiger partial charge in [0.2, 0.25) is 0 Å². The molecule has 0 bridgehead atoms. The van der Waals surface area contributed by atoms with E-state index >= 15 is 0 Å². The number of anilines is 1. The van der Waals surface area contributed by atoms with Gasteiger partial charge in [-0.25, -0.2) is 8.78 Å². The molecule has 1 unspecified atom stereocenters. The fourth-order valence-corrected chi connectivity index (χ4v) is 1.87. The lowest BCUT2D eigenvalue weighted by atomic mass is 10.1. The third kappa shape index (κ3) is 3.24. The van der Waals surface area contributed by atoms with Crippen molar-refractivity contribution in [1.29, 1.82) is 0 Å². The zero-order valence-electron chi connectivity index (χ0n) is 10.9. The topological polar surface area (TPSA) is 41.5 Å². The Bertz CT molecular complexity index is 590. The second kappa shape index (κ2) is 6.34. The predicted octanol–water partition coefficient (Wildman–Crippen LogP) is 3.12. The summed E-state index contributed by atoms with van der Waals surface area (Å²) in [5, 5.41) is 12.9.